The lowest BCUT2D eigenvalue weighted by Crippen LogP contribution is -2.16. The van der Waals surface area contributed by atoms with Gasteiger partial charge in [0.25, 0.3) is 0 Å². The summed E-state index contributed by atoms with van der Waals surface area (Å²) in [6, 6.07) is 8.18. The molecule has 0 amide bonds. The molecule has 0 bridgehead atoms. The Hall–Kier alpha value is -0.730. The van der Waals surface area contributed by atoms with Crippen molar-refractivity contribution < 1.29 is 4.74 Å². The van der Waals surface area contributed by atoms with Gasteiger partial charge in [-0.15, -0.1) is 12.4 Å². The zero-order valence-electron chi connectivity index (χ0n) is 10.3. The summed E-state index contributed by atoms with van der Waals surface area (Å²) >= 11 is 0. The summed E-state index contributed by atoms with van der Waals surface area (Å²) < 4.78 is 5.17. The molecule has 92 valence electrons. The van der Waals surface area contributed by atoms with Crippen LogP contribution in [0.3, 0.4) is 0 Å². The van der Waals surface area contributed by atoms with Gasteiger partial charge in [-0.3, -0.25) is 0 Å². The zero-order valence-corrected chi connectivity index (χ0v) is 11.1. The van der Waals surface area contributed by atoms with Gasteiger partial charge in [0.1, 0.15) is 5.75 Å². The Labute approximate surface area is 105 Å². The Morgan fingerprint density at radius 1 is 1.31 bits per heavy atom. The van der Waals surface area contributed by atoms with Crippen LogP contribution < -0.4 is 10.1 Å². The first-order valence-electron chi connectivity index (χ1n) is 5.56. The lowest BCUT2D eigenvalue weighted by molar-refractivity contribution is 0.414. The van der Waals surface area contributed by atoms with Crippen LogP contribution in [-0.2, 0) is 6.54 Å². The van der Waals surface area contributed by atoms with Crippen LogP contribution in [-0.4, -0.2) is 13.7 Å². The minimum Gasteiger partial charge on any atom is -0.497 e. The summed E-state index contributed by atoms with van der Waals surface area (Å²) in [5.74, 6) is 1.70. The van der Waals surface area contributed by atoms with E-state index in [-0.39, 0.29) is 12.4 Å². The molecule has 3 heteroatoms. The molecule has 0 saturated heterocycles. The normalized spacial score (nSPS) is 10.0. The van der Waals surface area contributed by atoms with E-state index in [4.69, 9.17) is 4.74 Å². The van der Waals surface area contributed by atoms with Crippen LogP contribution in [0.5, 0.6) is 5.75 Å². The largest absolute Gasteiger partial charge is 0.497 e. The fourth-order valence-corrected chi connectivity index (χ4v) is 1.41. The molecule has 1 rings (SSSR count). The molecule has 1 aromatic carbocycles. The zero-order chi connectivity index (χ0) is 11.1. The average molecular weight is 244 g/mol. The smallest absolute Gasteiger partial charge is 0.119 e. The Morgan fingerprint density at radius 2 is 2.06 bits per heavy atom. The first-order chi connectivity index (χ1) is 7.22. The van der Waals surface area contributed by atoms with E-state index in [2.05, 4.69) is 31.3 Å². The van der Waals surface area contributed by atoms with E-state index in [0.717, 1.165) is 24.8 Å². The highest BCUT2D eigenvalue weighted by atomic mass is 35.5. The standard InChI is InChI=1S/C13H21NO.ClH/c1-11(2)7-8-14-10-12-5-4-6-13(9-12)15-3;/h4-6,9,11,14H,7-8,10H2,1-3H3;1H. The van der Waals surface area contributed by atoms with Gasteiger partial charge in [-0.1, -0.05) is 26.0 Å². The fourth-order valence-electron chi connectivity index (χ4n) is 1.41. The van der Waals surface area contributed by atoms with Crippen LogP contribution >= 0.6 is 12.4 Å². The van der Waals surface area contributed by atoms with E-state index >= 15 is 0 Å². The monoisotopic (exact) mass is 243 g/mol. The van der Waals surface area contributed by atoms with Crippen LogP contribution in [0.1, 0.15) is 25.8 Å². The fraction of sp³-hybridized carbons (Fsp3) is 0.538. The number of hydrogen-bond acceptors (Lipinski definition) is 2. The first kappa shape index (κ1) is 15.3. The molecule has 0 spiro atoms. The van der Waals surface area contributed by atoms with Crippen molar-refractivity contribution in [3.8, 4) is 5.75 Å². The maximum atomic E-state index is 5.17. The van der Waals surface area contributed by atoms with Crippen molar-refractivity contribution in [3.05, 3.63) is 29.8 Å². The van der Waals surface area contributed by atoms with Gasteiger partial charge in [-0.2, -0.15) is 0 Å². The van der Waals surface area contributed by atoms with Gasteiger partial charge in [-0.25, -0.2) is 0 Å². The summed E-state index contributed by atoms with van der Waals surface area (Å²) in [6.45, 7) is 6.49. The maximum Gasteiger partial charge on any atom is 0.119 e. The third-order valence-corrected chi connectivity index (χ3v) is 2.36. The van der Waals surface area contributed by atoms with Gasteiger partial charge in [0, 0.05) is 6.54 Å². The number of nitrogens with one attached hydrogen (secondary N) is 1. The molecule has 1 aromatic rings. The summed E-state index contributed by atoms with van der Waals surface area (Å²) in [4.78, 5) is 0. The quantitative estimate of drug-likeness (QED) is 0.775. The van der Waals surface area contributed by atoms with Gasteiger partial charge in [-0.05, 0) is 36.6 Å². The van der Waals surface area contributed by atoms with Crippen LogP contribution in [0.15, 0.2) is 24.3 Å². The number of hydrogen-bond donors (Lipinski definition) is 1. The second-order valence-corrected chi connectivity index (χ2v) is 4.21. The van der Waals surface area contributed by atoms with Crippen LogP contribution in [0.4, 0.5) is 0 Å². The predicted molar refractivity (Wildman–Crippen MR) is 71.4 cm³/mol. The molecule has 0 fully saturated rings. The van der Waals surface area contributed by atoms with Crippen molar-refractivity contribution in [3.63, 3.8) is 0 Å². The summed E-state index contributed by atoms with van der Waals surface area (Å²) in [5.41, 5.74) is 1.28. The van der Waals surface area contributed by atoms with E-state index in [0.29, 0.717) is 0 Å². The molecule has 2 nitrogen and oxygen atoms in total. The Bertz CT molecular complexity index is 289. The van der Waals surface area contributed by atoms with E-state index in [1.165, 1.54) is 12.0 Å². The molecular weight excluding hydrogens is 222 g/mol. The van der Waals surface area contributed by atoms with Crippen molar-refractivity contribution in [2.45, 2.75) is 26.8 Å². The molecular formula is C13H22ClNO. The second-order valence-electron chi connectivity index (χ2n) is 4.21. The van der Waals surface area contributed by atoms with E-state index < -0.39 is 0 Å². The van der Waals surface area contributed by atoms with E-state index in [1.807, 2.05) is 12.1 Å². The molecule has 16 heavy (non-hydrogen) atoms. The summed E-state index contributed by atoms with van der Waals surface area (Å²) in [7, 11) is 1.70. The first-order valence-corrected chi connectivity index (χ1v) is 5.56. The van der Waals surface area contributed by atoms with Crippen molar-refractivity contribution >= 4 is 12.4 Å². The van der Waals surface area contributed by atoms with Crippen LogP contribution in [0, 0.1) is 5.92 Å². The predicted octanol–water partition coefficient (Wildman–Crippen LogP) is 3.25. The number of halogens is 1. The highest BCUT2D eigenvalue weighted by molar-refractivity contribution is 5.85. The molecule has 0 aliphatic carbocycles. The number of ether oxygens (including phenoxy) is 1. The van der Waals surface area contributed by atoms with Crippen molar-refractivity contribution in [1.82, 2.24) is 5.32 Å². The van der Waals surface area contributed by atoms with Crippen molar-refractivity contribution in [2.75, 3.05) is 13.7 Å². The molecule has 0 radical (unpaired) electrons. The van der Waals surface area contributed by atoms with Crippen molar-refractivity contribution in [2.24, 2.45) is 5.92 Å². The lowest BCUT2D eigenvalue weighted by Gasteiger charge is -2.08. The van der Waals surface area contributed by atoms with Gasteiger partial charge in [0.05, 0.1) is 7.11 Å². The van der Waals surface area contributed by atoms with Gasteiger partial charge >= 0.3 is 0 Å². The molecule has 0 saturated carbocycles. The van der Waals surface area contributed by atoms with E-state index in [9.17, 15) is 0 Å². The molecule has 0 aromatic heterocycles. The summed E-state index contributed by atoms with van der Waals surface area (Å²) in [5, 5.41) is 3.43. The van der Waals surface area contributed by atoms with Crippen LogP contribution in [0.25, 0.3) is 0 Å². The number of rotatable bonds is 6. The Balaban J connectivity index is 0.00000225. The molecule has 0 atom stereocenters. The Morgan fingerprint density at radius 3 is 2.69 bits per heavy atom. The Kier molecular flexibility index (Phi) is 8.04. The SMILES string of the molecule is COc1cccc(CNCCC(C)C)c1.Cl. The minimum atomic E-state index is 0. The lowest BCUT2D eigenvalue weighted by atomic mass is 10.1. The molecule has 1 N–H and O–H groups in total. The molecule has 0 aliphatic rings. The third kappa shape index (κ3) is 5.99. The number of benzene rings is 1. The van der Waals surface area contributed by atoms with Gasteiger partial charge in [0.15, 0.2) is 0 Å². The highest BCUT2D eigenvalue weighted by Crippen LogP contribution is 2.12. The van der Waals surface area contributed by atoms with Crippen molar-refractivity contribution in [1.29, 1.82) is 0 Å². The maximum absolute atomic E-state index is 5.17. The molecule has 0 unspecified atom stereocenters. The molecule has 0 aliphatic heterocycles. The topological polar surface area (TPSA) is 21.3 Å². The number of methoxy groups -OCH3 is 1. The van der Waals surface area contributed by atoms with Gasteiger partial charge < -0.3 is 10.1 Å². The highest BCUT2D eigenvalue weighted by Gasteiger charge is 1.96. The van der Waals surface area contributed by atoms with Gasteiger partial charge in [0.2, 0.25) is 0 Å². The summed E-state index contributed by atoms with van der Waals surface area (Å²) in [6.07, 6.45) is 1.23. The molecule has 0 heterocycles. The third-order valence-electron chi connectivity index (χ3n) is 2.36. The van der Waals surface area contributed by atoms with Crippen LogP contribution in [0.2, 0.25) is 0 Å². The second kappa shape index (κ2) is 8.43. The minimum absolute atomic E-state index is 0. The van der Waals surface area contributed by atoms with E-state index in [1.54, 1.807) is 7.11 Å². The average Bonchev–Trinajstić information content (AvgIpc) is 2.24.